The first-order valence-electron chi connectivity index (χ1n) is 7.41. The molecule has 0 amide bonds. The molecule has 1 N–H and O–H groups in total. The van der Waals surface area contributed by atoms with Crippen molar-refractivity contribution in [1.29, 1.82) is 0 Å². The summed E-state index contributed by atoms with van der Waals surface area (Å²) in [5, 5.41) is 3.55. The summed E-state index contributed by atoms with van der Waals surface area (Å²) in [5.74, 6) is 0.956. The molecule has 0 radical (unpaired) electrons. The Bertz CT molecular complexity index is 381. The van der Waals surface area contributed by atoms with Crippen LogP contribution in [0.5, 0.6) is 5.75 Å². The van der Waals surface area contributed by atoms with Crippen LogP contribution in [0.4, 0.5) is 0 Å². The van der Waals surface area contributed by atoms with Gasteiger partial charge in [-0.25, -0.2) is 0 Å². The van der Waals surface area contributed by atoms with Gasteiger partial charge < -0.3 is 10.1 Å². The highest BCUT2D eigenvalue weighted by Crippen LogP contribution is 2.21. The van der Waals surface area contributed by atoms with Crippen molar-refractivity contribution in [3.8, 4) is 5.75 Å². The molecule has 1 atom stereocenters. The smallest absolute Gasteiger partial charge is 0.119 e. The number of rotatable bonds is 7. The fraction of sp³-hybridized carbons (Fsp3) is 0.625. The van der Waals surface area contributed by atoms with Crippen LogP contribution < -0.4 is 10.1 Å². The predicted molar refractivity (Wildman–Crippen MR) is 79.6 cm³/mol. The summed E-state index contributed by atoms with van der Waals surface area (Å²) in [5.41, 5.74) is 1.35. The monoisotopic (exact) mass is 262 g/mol. The van der Waals surface area contributed by atoms with E-state index in [0.717, 1.165) is 25.4 Å². The standard InChI is InChI=1S/C16H26N2O/c1-3-9-17-12-15-7-5-10-18(15)13-14-6-4-8-16(11-14)19-2/h4,6,8,11,15,17H,3,5,7,9-10,12-13H2,1-2H3. The van der Waals surface area contributed by atoms with Crippen LogP contribution in [0.2, 0.25) is 0 Å². The summed E-state index contributed by atoms with van der Waals surface area (Å²) >= 11 is 0. The normalized spacial score (nSPS) is 19.8. The first-order valence-corrected chi connectivity index (χ1v) is 7.41. The first-order chi connectivity index (χ1) is 9.33. The molecule has 1 aliphatic heterocycles. The fourth-order valence-electron chi connectivity index (χ4n) is 2.79. The number of likely N-dealkylation sites (tertiary alicyclic amines) is 1. The third-order valence-electron chi connectivity index (χ3n) is 3.83. The average molecular weight is 262 g/mol. The Morgan fingerprint density at radius 2 is 2.32 bits per heavy atom. The highest BCUT2D eigenvalue weighted by molar-refractivity contribution is 5.28. The number of methoxy groups -OCH3 is 1. The van der Waals surface area contributed by atoms with E-state index in [-0.39, 0.29) is 0 Å². The highest BCUT2D eigenvalue weighted by Gasteiger charge is 2.23. The minimum Gasteiger partial charge on any atom is -0.497 e. The summed E-state index contributed by atoms with van der Waals surface area (Å²) < 4.78 is 5.29. The van der Waals surface area contributed by atoms with Gasteiger partial charge in [0.25, 0.3) is 0 Å². The third-order valence-corrected chi connectivity index (χ3v) is 3.83. The molecular formula is C16H26N2O. The number of nitrogens with one attached hydrogen (secondary N) is 1. The minimum atomic E-state index is 0.692. The van der Waals surface area contributed by atoms with E-state index in [2.05, 4.69) is 35.3 Å². The molecule has 0 aromatic heterocycles. The summed E-state index contributed by atoms with van der Waals surface area (Å²) in [7, 11) is 1.73. The van der Waals surface area contributed by atoms with Gasteiger partial charge in [0.2, 0.25) is 0 Å². The molecule has 1 saturated heterocycles. The van der Waals surface area contributed by atoms with Crippen molar-refractivity contribution in [3.63, 3.8) is 0 Å². The zero-order valence-electron chi connectivity index (χ0n) is 12.2. The van der Waals surface area contributed by atoms with Gasteiger partial charge in [-0.1, -0.05) is 19.1 Å². The summed E-state index contributed by atoms with van der Waals surface area (Å²) in [6, 6.07) is 9.12. The zero-order chi connectivity index (χ0) is 13.5. The minimum absolute atomic E-state index is 0.692. The first kappa shape index (κ1) is 14.4. The van der Waals surface area contributed by atoms with E-state index in [9.17, 15) is 0 Å². The average Bonchev–Trinajstić information content (AvgIpc) is 2.87. The van der Waals surface area contributed by atoms with Crippen LogP contribution in [-0.4, -0.2) is 37.7 Å². The van der Waals surface area contributed by atoms with Gasteiger partial charge >= 0.3 is 0 Å². The second-order valence-corrected chi connectivity index (χ2v) is 5.32. The van der Waals surface area contributed by atoms with Crippen LogP contribution in [0.15, 0.2) is 24.3 Å². The Kier molecular flexibility index (Phi) is 5.67. The maximum atomic E-state index is 5.29. The lowest BCUT2D eigenvalue weighted by molar-refractivity contribution is 0.239. The quantitative estimate of drug-likeness (QED) is 0.765. The predicted octanol–water partition coefficient (Wildman–Crippen LogP) is 2.66. The lowest BCUT2D eigenvalue weighted by Gasteiger charge is -2.25. The van der Waals surface area contributed by atoms with E-state index in [1.807, 2.05) is 6.07 Å². The number of hydrogen-bond donors (Lipinski definition) is 1. The summed E-state index contributed by atoms with van der Waals surface area (Å²) in [6.45, 7) is 6.72. The molecule has 106 valence electrons. The Balaban J connectivity index is 1.89. The van der Waals surface area contributed by atoms with Crippen LogP contribution >= 0.6 is 0 Å². The molecule has 3 nitrogen and oxygen atoms in total. The van der Waals surface area contributed by atoms with Crippen molar-refractivity contribution in [1.82, 2.24) is 10.2 Å². The second-order valence-electron chi connectivity index (χ2n) is 5.32. The third kappa shape index (κ3) is 4.22. The fourth-order valence-corrected chi connectivity index (χ4v) is 2.79. The number of nitrogens with zero attached hydrogens (tertiary/aromatic N) is 1. The largest absolute Gasteiger partial charge is 0.497 e. The van der Waals surface area contributed by atoms with Gasteiger partial charge in [-0.05, 0) is 50.0 Å². The Hall–Kier alpha value is -1.06. The van der Waals surface area contributed by atoms with Crippen LogP contribution in [-0.2, 0) is 6.54 Å². The van der Waals surface area contributed by atoms with E-state index >= 15 is 0 Å². The van der Waals surface area contributed by atoms with Gasteiger partial charge in [-0.3, -0.25) is 4.90 Å². The van der Waals surface area contributed by atoms with Crippen molar-refractivity contribution in [2.24, 2.45) is 0 Å². The maximum absolute atomic E-state index is 5.29. The SMILES string of the molecule is CCCNCC1CCCN1Cc1cccc(OC)c1. The molecule has 1 aliphatic rings. The van der Waals surface area contributed by atoms with Crippen molar-refractivity contribution >= 4 is 0 Å². The zero-order valence-corrected chi connectivity index (χ0v) is 12.2. The Morgan fingerprint density at radius 1 is 1.42 bits per heavy atom. The molecule has 0 saturated carbocycles. The van der Waals surface area contributed by atoms with Crippen LogP contribution in [0, 0.1) is 0 Å². The summed E-state index contributed by atoms with van der Waals surface area (Å²) in [6.07, 6.45) is 3.85. The van der Waals surface area contributed by atoms with Gasteiger partial charge in [-0.15, -0.1) is 0 Å². The molecule has 3 heteroatoms. The van der Waals surface area contributed by atoms with Crippen LogP contribution in [0.1, 0.15) is 31.7 Å². The molecule has 0 spiro atoms. The van der Waals surface area contributed by atoms with Gasteiger partial charge in [0.1, 0.15) is 5.75 Å². The molecule has 2 rings (SSSR count). The number of ether oxygens (including phenoxy) is 1. The molecule has 0 aliphatic carbocycles. The molecule has 1 unspecified atom stereocenters. The molecule has 0 bridgehead atoms. The van der Waals surface area contributed by atoms with Crippen molar-refractivity contribution < 1.29 is 4.74 Å². The molecule has 1 aromatic rings. The van der Waals surface area contributed by atoms with Crippen molar-refractivity contribution in [2.45, 2.75) is 38.8 Å². The maximum Gasteiger partial charge on any atom is 0.119 e. The van der Waals surface area contributed by atoms with Crippen LogP contribution in [0.3, 0.4) is 0 Å². The molecule has 1 heterocycles. The van der Waals surface area contributed by atoms with Gasteiger partial charge in [-0.2, -0.15) is 0 Å². The Labute approximate surface area is 116 Å². The number of hydrogen-bond acceptors (Lipinski definition) is 3. The number of benzene rings is 1. The molecule has 1 fully saturated rings. The van der Waals surface area contributed by atoms with E-state index in [0.29, 0.717) is 6.04 Å². The van der Waals surface area contributed by atoms with Crippen molar-refractivity contribution in [3.05, 3.63) is 29.8 Å². The van der Waals surface area contributed by atoms with Gasteiger partial charge in [0.05, 0.1) is 7.11 Å². The van der Waals surface area contributed by atoms with Crippen LogP contribution in [0.25, 0.3) is 0 Å². The lowest BCUT2D eigenvalue weighted by Crippen LogP contribution is -2.37. The molecule has 19 heavy (non-hydrogen) atoms. The Morgan fingerprint density at radius 3 is 3.11 bits per heavy atom. The van der Waals surface area contributed by atoms with Gasteiger partial charge in [0, 0.05) is 19.1 Å². The molecular weight excluding hydrogens is 236 g/mol. The van der Waals surface area contributed by atoms with E-state index in [1.165, 1.54) is 31.4 Å². The topological polar surface area (TPSA) is 24.5 Å². The van der Waals surface area contributed by atoms with E-state index in [1.54, 1.807) is 7.11 Å². The molecule has 1 aromatic carbocycles. The van der Waals surface area contributed by atoms with E-state index < -0.39 is 0 Å². The lowest BCUT2D eigenvalue weighted by atomic mass is 10.1. The second kappa shape index (κ2) is 7.51. The summed E-state index contributed by atoms with van der Waals surface area (Å²) in [4.78, 5) is 2.59. The highest BCUT2D eigenvalue weighted by atomic mass is 16.5. The van der Waals surface area contributed by atoms with Gasteiger partial charge in [0.15, 0.2) is 0 Å². The van der Waals surface area contributed by atoms with Crippen molar-refractivity contribution in [2.75, 3.05) is 26.7 Å². The van der Waals surface area contributed by atoms with E-state index in [4.69, 9.17) is 4.74 Å².